The highest BCUT2D eigenvalue weighted by Crippen LogP contribution is 2.02. The van der Waals surface area contributed by atoms with E-state index in [1.54, 1.807) is 0 Å². The van der Waals surface area contributed by atoms with Crippen LogP contribution in [0.3, 0.4) is 0 Å². The molecule has 0 radical (unpaired) electrons. The van der Waals surface area contributed by atoms with Crippen LogP contribution in [0.25, 0.3) is 0 Å². The van der Waals surface area contributed by atoms with E-state index >= 15 is 0 Å². The van der Waals surface area contributed by atoms with Crippen LogP contribution in [-0.4, -0.2) is 31.3 Å². The molecule has 0 heterocycles. The molecule has 86 valence electrons. The van der Waals surface area contributed by atoms with E-state index in [0.717, 1.165) is 26.4 Å². The van der Waals surface area contributed by atoms with Gasteiger partial charge in [-0.25, -0.2) is 0 Å². The number of rotatable bonds is 10. The molecule has 0 unspecified atom stereocenters. The molecule has 0 bridgehead atoms. The van der Waals surface area contributed by atoms with E-state index in [1.165, 1.54) is 32.1 Å². The predicted molar refractivity (Wildman–Crippen MR) is 62.5 cm³/mol. The van der Waals surface area contributed by atoms with E-state index in [4.69, 9.17) is 4.74 Å². The number of hydrogen-bond acceptors (Lipinski definition) is 2. The third kappa shape index (κ3) is 8.52. The minimum absolute atomic E-state index is 0.806. The number of unbranched alkanes of at least 4 members (excludes halogenated alkanes) is 4. The van der Waals surface area contributed by atoms with Crippen molar-refractivity contribution in [2.24, 2.45) is 0 Å². The second kappa shape index (κ2) is 11.0. The standard InChI is InChI=1S/C12H27NO/c1-4-7-8-9-10-11-14-12-13(5-2)6-3/h4-12H2,1-3H3. The largest absolute Gasteiger partial charge is 0.366 e. The topological polar surface area (TPSA) is 12.5 Å². The van der Waals surface area contributed by atoms with Gasteiger partial charge >= 0.3 is 0 Å². The van der Waals surface area contributed by atoms with Gasteiger partial charge in [-0.2, -0.15) is 0 Å². The summed E-state index contributed by atoms with van der Waals surface area (Å²) >= 11 is 0. The third-order valence-electron chi connectivity index (χ3n) is 2.56. The predicted octanol–water partition coefficient (Wildman–Crippen LogP) is 3.27. The Morgan fingerprint density at radius 3 is 2.07 bits per heavy atom. The van der Waals surface area contributed by atoms with E-state index in [2.05, 4.69) is 25.7 Å². The lowest BCUT2D eigenvalue weighted by atomic mass is 10.2. The van der Waals surface area contributed by atoms with Crippen molar-refractivity contribution < 1.29 is 4.74 Å². The number of hydrogen-bond donors (Lipinski definition) is 0. The molecular formula is C12H27NO. The maximum absolute atomic E-state index is 5.58. The molecule has 0 aromatic rings. The second-order valence-corrected chi connectivity index (χ2v) is 3.75. The maximum Gasteiger partial charge on any atom is 0.0990 e. The summed E-state index contributed by atoms with van der Waals surface area (Å²) in [5.74, 6) is 0. The number of nitrogens with zero attached hydrogens (tertiary/aromatic N) is 1. The van der Waals surface area contributed by atoms with Gasteiger partial charge in [0.15, 0.2) is 0 Å². The van der Waals surface area contributed by atoms with Crippen molar-refractivity contribution in [3.05, 3.63) is 0 Å². The fourth-order valence-electron chi connectivity index (χ4n) is 1.41. The van der Waals surface area contributed by atoms with E-state index in [1.807, 2.05) is 0 Å². The van der Waals surface area contributed by atoms with Gasteiger partial charge < -0.3 is 4.74 Å². The fraction of sp³-hybridized carbons (Fsp3) is 1.00. The third-order valence-corrected chi connectivity index (χ3v) is 2.56. The van der Waals surface area contributed by atoms with Gasteiger partial charge in [-0.05, 0) is 19.5 Å². The first-order valence-corrected chi connectivity index (χ1v) is 6.15. The Labute approximate surface area is 89.6 Å². The van der Waals surface area contributed by atoms with E-state index in [9.17, 15) is 0 Å². The Morgan fingerprint density at radius 1 is 0.857 bits per heavy atom. The van der Waals surface area contributed by atoms with Crippen LogP contribution >= 0.6 is 0 Å². The lowest BCUT2D eigenvalue weighted by molar-refractivity contribution is 0.0323. The molecule has 0 saturated carbocycles. The summed E-state index contributed by atoms with van der Waals surface area (Å²) in [6, 6.07) is 0. The van der Waals surface area contributed by atoms with Gasteiger partial charge in [0.05, 0.1) is 6.73 Å². The molecule has 0 N–H and O–H groups in total. The molecule has 0 rings (SSSR count). The molecule has 0 fully saturated rings. The minimum atomic E-state index is 0.806. The molecular weight excluding hydrogens is 174 g/mol. The van der Waals surface area contributed by atoms with Gasteiger partial charge in [0.25, 0.3) is 0 Å². The second-order valence-electron chi connectivity index (χ2n) is 3.75. The quantitative estimate of drug-likeness (QED) is 0.397. The molecule has 0 spiro atoms. The van der Waals surface area contributed by atoms with Crippen LogP contribution in [0.4, 0.5) is 0 Å². The Kier molecular flexibility index (Phi) is 10.9. The number of ether oxygens (including phenoxy) is 1. The zero-order valence-electron chi connectivity index (χ0n) is 10.2. The van der Waals surface area contributed by atoms with Crippen LogP contribution in [0.1, 0.15) is 52.9 Å². The van der Waals surface area contributed by atoms with Gasteiger partial charge in [-0.3, -0.25) is 4.90 Å². The molecule has 0 amide bonds. The lowest BCUT2D eigenvalue weighted by Crippen LogP contribution is -2.26. The molecule has 0 aliphatic carbocycles. The van der Waals surface area contributed by atoms with Crippen molar-refractivity contribution in [1.82, 2.24) is 4.90 Å². The summed E-state index contributed by atoms with van der Waals surface area (Å²) in [7, 11) is 0. The first kappa shape index (κ1) is 13.9. The van der Waals surface area contributed by atoms with Crippen molar-refractivity contribution in [2.75, 3.05) is 26.4 Å². The zero-order valence-corrected chi connectivity index (χ0v) is 10.2. The summed E-state index contributed by atoms with van der Waals surface area (Å²) < 4.78 is 5.58. The van der Waals surface area contributed by atoms with Crippen molar-refractivity contribution in [2.45, 2.75) is 52.9 Å². The van der Waals surface area contributed by atoms with Gasteiger partial charge in [-0.1, -0.05) is 46.5 Å². The normalized spacial score (nSPS) is 11.1. The van der Waals surface area contributed by atoms with Crippen molar-refractivity contribution in [3.8, 4) is 0 Å². The van der Waals surface area contributed by atoms with E-state index in [0.29, 0.717) is 0 Å². The van der Waals surface area contributed by atoms with Crippen molar-refractivity contribution >= 4 is 0 Å². The van der Waals surface area contributed by atoms with Gasteiger partial charge in [0, 0.05) is 6.61 Å². The van der Waals surface area contributed by atoms with Gasteiger partial charge in [0.1, 0.15) is 0 Å². The molecule has 0 atom stereocenters. The van der Waals surface area contributed by atoms with Crippen LogP contribution in [-0.2, 0) is 4.74 Å². The average molecular weight is 201 g/mol. The highest BCUT2D eigenvalue weighted by molar-refractivity contribution is 4.45. The molecule has 0 aromatic carbocycles. The molecule has 0 aromatic heterocycles. The monoisotopic (exact) mass is 201 g/mol. The average Bonchev–Trinajstić information content (AvgIpc) is 2.22. The molecule has 2 heteroatoms. The van der Waals surface area contributed by atoms with Crippen LogP contribution < -0.4 is 0 Å². The van der Waals surface area contributed by atoms with Crippen molar-refractivity contribution in [3.63, 3.8) is 0 Å². The molecule has 0 aliphatic rings. The Morgan fingerprint density at radius 2 is 1.50 bits per heavy atom. The molecule has 0 aliphatic heterocycles. The van der Waals surface area contributed by atoms with Crippen LogP contribution in [0.5, 0.6) is 0 Å². The summed E-state index contributed by atoms with van der Waals surface area (Å²) in [5, 5.41) is 0. The fourth-order valence-corrected chi connectivity index (χ4v) is 1.41. The zero-order chi connectivity index (χ0) is 10.6. The lowest BCUT2D eigenvalue weighted by Gasteiger charge is -2.17. The Bertz CT molecular complexity index is 102. The summed E-state index contributed by atoms with van der Waals surface area (Å²) in [5.41, 5.74) is 0. The molecule has 2 nitrogen and oxygen atoms in total. The van der Waals surface area contributed by atoms with Gasteiger partial charge in [-0.15, -0.1) is 0 Å². The van der Waals surface area contributed by atoms with E-state index in [-0.39, 0.29) is 0 Å². The first-order chi connectivity index (χ1) is 6.85. The summed E-state index contributed by atoms with van der Waals surface area (Å²) in [6.45, 7) is 10.5. The van der Waals surface area contributed by atoms with Crippen LogP contribution in [0.15, 0.2) is 0 Å². The van der Waals surface area contributed by atoms with Gasteiger partial charge in [0.2, 0.25) is 0 Å². The van der Waals surface area contributed by atoms with E-state index < -0.39 is 0 Å². The van der Waals surface area contributed by atoms with Crippen LogP contribution in [0, 0.1) is 0 Å². The summed E-state index contributed by atoms with van der Waals surface area (Å²) in [4.78, 5) is 2.30. The first-order valence-electron chi connectivity index (χ1n) is 6.15. The highest BCUT2D eigenvalue weighted by Gasteiger charge is 1.97. The highest BCUT2D eigenvalue weighted by atomic mass is 16.5. The maximum atomic E-state index is 5.58. The van der Waals surface area contributed by atoms with Crippen molar-refractivity contribution in [1.29, 1.82) is 0 Å². The Hall–Kier alpha value is -0.0800. The SMILES string of the molecule is CCCCCCCOCN(CC)CC. The Balaban J connectivity index is 3.04. The summed E-state index contributed by atoms with van der Waals surface area (Å²) in [6.07, 6.45) is 6.61. The molecule has 14 heavy (non-hydrogen) atoms. The smallest absolute Gasteiger partial charge is 0.0990 e. The minimum Gasteiger partial charge on any atom is -0.366 e. The molecule has 0 saturated heterocycles. The van der Waals surface area contributed by atoms with Crippen LogP contribution in [0.2, 0.25) is 0 Å².